The monoisotopic (exact) mass is 191 g/mol. The Bertz CT molecular complexity index is 447. The van der Waals surface area contributed by atoms with Crippen LogP contribution in [0, 0.1) is 0 Å². The van der Waals surface area contributed by atoms with E-state index in [9.17, 15) is 0 Å². The molecule has 1 atom stereocenters. The van der Waals surface area contributed by atoms with Crippen molar-refractivity contribution < 1.29 is 14.0 Å². The number of aromatic nitrogens is 1. The minimum Gasteiger partial charge on any atom is -0.472 e. The van der Waals surface area contributed by atoms with Gasteiger partial charge in [0.05, 0.1) is 12.0 Å². The molecular weight excluding hydrogens is 182 g/mol. The van der Waals surface area contributed by atoms with Gasteiger partial charge in [-0.25, -0.2) is 0 Å². The second kappa shape index (κ2) is 2.99. The molecular formula is C10H9NO3. The van der Waals surface area contributed by atoms with Gasteiger partial charge < -0.3 is 14.0 Å². The third-order valence-corrected chi connectivity index (χ3v) is 2.15. The maximum absolute atomic E-state index is 5.45. The molecule has 4 nitrogen and oxygen atoms in total. The van der Waals surface area contributed by atoms with Crippen LogP contribution < -0.4 is 4.74 Å². The van der Waals surface area contributed by atoms with Crippen LogP contribution in [0.25, 0.3) is 11.0 Å². The van der Waals surface area contributed by atoms with E-state index in [-0.39, 0.29) is 6.10 Å². The van der Waals surface area contributed by atoms with E-state index < -0.39 is 0 Å². The summed E-state index contributed by atoms with van der Waals surface area (Å²) in [6.07, 6.45) is 0.241. The van der Waals surface area contributed by atoms with Gasteiger partial charge in [0, 0.05) is 0 Å². The molecule has 0 amide bonds. The van der Waals surface area contributed by atoms with Crippen LogP contribution in [0.15, 0.2) is 28.8 Å². The van der Waals surface area contributed by atoms with Crippen molar-refractivity contribution in [1.29, 1.82) is 0 Å². The molecule has 1 aliphatic rings. The summed E-state index contributed by atoms with van der Waals surface area (Å²) in [5.74, 6) is 0.552. The molecule has 0 N–H and O–H groups in total. The smallest absolute Gasteiger partial charge is 0.262 e. The molecule has 2 heterocycles. The Morgan fingerprint density at radius 1 is 1.43 bits per heavy atom. The maximum Gasteiger partial charge on any atom is 0.262 e. The van der Waals surface area contributed by atoms with Crippen LogP contribution >= 0.6 is 0 Å². The number of hydrogen-bond acceptors (Lipinski definition) is 4. The molecule has 4 heteroatoms. The van der Waals surface area contributed by atoms with Gasteiger partial charge in [-0.3, -0.25) is 0 Å². The minimum atomic E-state index is 0.241. The Labute approximate surface area is 80.4 Å². The zero-order valence-electron chi connectivity index (χ0n) is 7.47. The predicted octanol–water partition coefficient (Wildman–Crippen LogP) is 1.61. The van der Waals surface area contributed by atoms with Crippen molar-refractivity contribution in [2.75, 3.05) is 13.2 Å². The fraction of sp³-hybridized carbons (Fsp3) is 0.300. The number of ether oxygens (including phenoxy) is 2. The number of hydrogen-bond donors (Lipinski definition) is 0. The van der Waals surface area contributed by atoms with Gasteiger partial charge in [-0.1, -0.05) is 12.1 Å². The van der Waals surface area contributed by atoms with Gasteiger partial charge >= 0.3 is 0 Å². The molecule has 0 spiro atoms. The molecule has 1 aromatic carbocycles. The summed E-state index contributed by atoms with van der Waals surface area (Å²) in [5, 5.41) is 4.75. The van der Waals surface area contributed by atoms with Crippen molar-refractivity contribution in [2.45, 2.75) is 6.10 Å². The maximum atomic E-state index is 5.45. The van der Waals surface area contributed by atoms with Gasteiger partial charge in [0.1, 0.15) is 12.7 Å². The predicted molar refractivity (Wildman–Crippen MR) is 49.2 cm³/mol. The van der Waals surface area contributed by atoms with Crippen LogP contribution in [0.2, 0.25) is 0 Å². The second-order valence-corrected chi connectivity index (χ2v) is 3.25. The minimum absolute atomic E-state index is 0.241. The first-order valence-corrected chi connectivity index (χ1v) is 4.52. The number of fused-ring (bicyclic) bond motifs is 1. The summed E-state index contributed by atoms with van der Waals surface area (Å²) in [7, 11) is 0. The Morgan fingerprint density at radius 2 is 2.29 bits per heavy atom. The highest BCUT2D eigenvalue weighted by Crippen LogP contribution is 2.24. The van der Waals surface area contributed by atoms with Gasteiger partial charge in [-0.2, -0.15) is 0 Å². The lowest BCUT2D eigenvalue weighted by molar-refractivity contribution is 0.245. The van der Waals surface area contributed by atoms with Crippen molar-refractivity contribution in [3.8, 4) is 5.88 Å². The van der Waals surface area contributed by atoms with Crippen LogP contribution in [0.5, 0.6) is 5.88 Å². The van der Waals surface area contributed by atoms with Crippen molar-refractivity contribution in [3.05, 3.63) is 24.3 Å². The Balaban J connectivity index is 1.87. The third-order valence-electron chi connectivity index (χ3n) is 2.15. The van der Waals surface area contributed by atoms with E-state index in [4.69, 9.17) is 14.0 Å². The van der Waals surface area contributed by atoms with E-state index in [0.29, 0.717) is 12.5 Å². The zero-order chi connectivity index (χ0) is 9.38. The average molecular weight is 191 g/mol. The molecule has 1 saturated heterocycles. The van der Waals surface area contributed by atoms with Crippen molar-refractivity contribution in [2.24, 2.45) is 0 Å². The van der Waals surface area contributed by atoms with Crippen molar-refractivity contribution in [3.63, 3.8) is 0 Å². The Morgan fingerprint density at radius 3 is 3.14 bits per heavy atom. The molecule has 2 aromatic rings. The first kappa shape index (κ1) is 7.82. The van der Waals surface area contributed by atoms with Crippen LogP contribution in [0.3, 0.4) is 0 Å². The third kappa shape index (κ3) is 1.33. The molecule has 0 aliphatic carbocycles. The standard InChI is InChI=1S/C10H9NO3/c1-2-4-9-8(3-1)10(11-14-9)13-6-7-5-12-7/h1-4,7H,5-6H2/t7-/m1/s1. The summed E-state index contributed by atoms with van der Waals surface area (Å²) in [4.78, 5) is 0. The Hall–Kier alpha value is -1.55. The number of para-hydroxylation sites is 1. The van der Waals surface area contributed by atoms with Crippen LogP contribution in [0.1, 0.15) is 0 Å². The molecule has 1 aliphatic heterocycles. The summed E-state index contributed by atoms with van der Waals surface area (Å²) in [6, 6.07) is 7.62. The number of nitrogens with zero attached hydrogens (tertiary/aromatic N) is 1. The normalized spacial score (nSPS) is 19.9. The van der Waals surface area contributed by atoms with Crippen LogP contribution in [-0.2, 0) is 4.74 Å². The van der Waals surface area contributed by atoms with E-state index in [2.05, 4.69) is 5.16 Å². The number of benzene rings is 1. The molecule has 1 aromatic heterocycles. The highest BCUT2D eigenvalue weighted by atomic mass is 16.6. The van der Waals surface area contributed by atoms with E-state index in [1.807, 2.05) is 24.3 Å². The topological polar surface area (TPSA) is 47.8 Å². The van der Waals surface area contributed by atoms with Gasteiger partial charge in [0.15, 0.2) is 5.58 Å². The van der Waals surface area contributed by atoms with Gasteiger partial charge in [-0.05, 0) is 17.3 Å². The quantitative estimate of drug-likeness (QED) is 0.691. The lowest BCUT2D eigenvalue weighted by Gasteiger charge is -1.97. The van der Waals surface area contributed by atoms with E-state index in [0.717, 1.165) is 17.6 Å². The molecule has 0 saturated carbocycles. The fourth-order valence-corrected chi connectivity index (χ4v) is 1.30. The zero-order valence-corrected chi connectivity index (χ0v) is 7.47. The summed E-state index contributed by atoms with van der Waals surface area (Å²) < 4.78 is 15.6. The molecule has 72 valence electrons. The van der Waals surface area contributed by atoms with E-state index >= 15 is 0 Å². The van der Waals surface area contributed by atoms with Crippen LogP contribution in [-0.4, -0.2) is 24.5 Å². The molecule has 3 rings (SSSR count). The molecule has 1 fully saturated rings. The lowest BCUT2D eigenvalue weighted by Crippen LogP contribution is -2.04. The summed E-state index contributed by atoms with van der Waals surface area (Å²) in [6.45, 7) is 1.34. The highest BCUT2D eigenvalue weighted by Gasteiger charge is 2.24. The summed E-state index contributed by atoms with van der Waals surface area (Å²) in [5.41, 5.74) is 0.749. The molecule has 14 heavy (non-hydrogen) atoms. The van der Waals surface area contributed by atoms with Crippen LogP contribution in [0.4, 0.5) is 0 Å². The van der Waals surface area contributed by atoms with Gasteiger partial charge in [0.2, 0.25) is 0 Å². The van der Waals surface area contributed by atoms with Crippen molar-refractivity contribution >= 4 is 11.0 Å². The second-order valence-electron chi connectivity index (χ2n) is 3.25. The lowest BCUT2D eigenvalue weighted by atomic mass is 10.3. The molecule has 0 bridgehead atoms. The van der Waals surface area contributed by atoms with Gasteiger partial charge in [0.25, 0.3) is 5.88 Å². The van der Waals surface area contributed by atoms with E-state index in [1.54, 1.807) is 0 Å². The first-order chi connectivity index (χ1) is 6.93. The average Bonchev–Trinajstić information content (AvgIpc) is 2.96. The van der Waals surface area contributed by atoms with E-state index in [1.165, 1.54) is 0 Å². The first-order valence-electron chi connectivity index (χ1n) is 4.52. The largest absolute Gasteiger partial charge is 0.472 e. The fourth-order valence-electron chi connectivity index (χ4n) is 1.30. The highest BCUT2D eigenvalue weighted by molar-refractivity contribution is 5.81. The number of rotatable bonds is 3. The summed E-state index contributed by atoms with van der Waals surface area (Å²) >= 11 is 0. The van der Waals surface area contributed by atoms with Crippen molar-refractivity contribution in [1.82, 2.24) is 5.16 Å². The molecule has 0 radical (unpaired) electrons. The Kier molecular flexibility index (Phi) is 1.67. The van der Waals surface area contributed by atoms with Gasteiger partial charge in [-0.15, -0.1) is 0 Å². The SMILES string of the molecule is c1ccc2c(OC[C@H]3CO3)noc2c1. The number of epoxide rings is 1. The molecule has 0 unspecified atom stereocenters.